The molecule has 1 N–H and O–H groups in total. The van der Waals surface area contributed by atoms with Crippen molar-refractivity contribution in [2.75, 3.05) is 0 Å². The molecular formula is C19H16F2N6O. The minimum Gasteiger partial charge on any atom is -0.367 e. The molecule has 28 heavy (non-hydrogen) atoms. The Bertz CT molecular complexity index is 1380. The summed E-state index contributed by atoms with van der Waals surface area (Å²) in [6.45, 7) is -7.17. The first-order valence-corrected chi connectivity index (χ1v) is 8.26. The van der Waals surface area contributed by atoms with Gasteiger partial charge in [0, 0.05) is 24.7 Å². The second-order valence-corrected chi connectivity index (χ2v) is 6.42. The van der Waals surface area contributed by atoms with Crippen LogP contribution in [-0.4, -0.2) is 35.5 Å². The Labute approximate surface area is 166 Å². The SMILES string of the molecule is [2H]C([2H])([2H])C1(C([2H])([2H])[2H])Cn2nc(-c3ccc(F)cn3)c(-c3c(F)cnc4[nH]ncc34)c2CO1. The molecular weight excluding hydrogens is 366 g/mol. The van der Waals surface area contributed by atoms with E-state index in [0.717, 1.165) is 18.5 Å². The van der Waals surface area contributed by atoms with Crippen molar-refractivity contribution in [3.8, 4) is 22.5 Å². The normalized spacial score (nSPS) is 19.8. The van der Waals surface area contributed by atoms with E-state index < -0.39 is 44.1 Å². The van der Waals surface area contributed by atoms with E-state index in [0.29, 0.717) is 5.39 Å². The molecule has 4 aromatic rings. The molecule has 142 valence electrons. The molecule has 0 radical (unpaired) electrons. The Balaban J connectivity index is 1.80. The van der Waals surface area contributed by atoms with Gasteiger partial charge >= 0.3 is 0 Å². The minimum absolute atomic E-state index is 0.0417. The number of halogens is 2. The number of fused-ring (bicyclic) bond motifs is 2. The van der Waals surface area contributed by atoms with Crippen molar-refractivity contribution in [1.82, 2.24) is 29.9 Å². The van der Waals surface area contributed by atoms with Gasteiger partial charge in [0.2, 0.25) is 0 Å². The predicted molar refractivity (Wildman–Crippen MR) is 97.1 cm³/mol. The molecule has 5 heterocycles. The second kappa shape index (κ2) is 5.90. The van der Waals surface area contributed by atoms with Crippen LogP contribution in [0.15, 0.2) is 30.7 Å². The fourth-order valence-electron chi connectivity index (χ4n) is 3.31. The second-order valence-electron chi connectivity index (χ2n) is 6.42. The summed E-state index contributed by atoms with van der Waals surface area (Å²) in [5.41, 5.74) is -1.53. The first kappa shape index (κ1) is 11.6. The third-order valence-electron chi connectivity index (χ3n) is 4.54. The Kier molecular flexibility index (Phi) is 2.44. The summed E-state index contributed by atoms with van der Waals surface area (Å²) in [5, 5.41) is 11.3. The van der Waals surface area contributed by atoms with Crippen molar-refractivity contribution >= 4 is 11.0 Å². The Morgan fingerprint density at radius 2 is 2.07 bits per heavy atom. The lowest BCUT2D eigenvalue weighted by atomic mass is 9.98. The monoisotopic (exact) mass is 388 g/mol. The van der Waals surface area contributed by atoms with Crippen LogP contribution in [0, 0.1) is 11.6 Å². The van der Waals surface area contributed by atoms with Crippen LogP contribution in [0.5, 0.6) is 0 Å². The summed E-state index contributed by atoms with van der Waals surface area (Å²) in [6, 6.07) is 2.48. The van der Waals surface area contributed by atoms with Crippen molar-refractivity contribution in [2.24, 2.45) is 0 Å². The molecule has 0 saturated carbocycles. The number of hydrogen-bond donors (Lipinski definition) is 1. The molecule has 0 unspecified atom stereocenters. The highest BCUT2D eigenvalue weighted by atomic mass is 19.1. The van der Waals surface area contributed by atoms with Crippen LogP contribution in [0.3, 0.4) is 0 Å². The molecule has 0 fully saturated rings. The molecule has 7 nitrogen and oxygen atoms in total. The van der Waals surface area contributed by atoms with Crippen molar-refractivity contribution in [1.29, 1.82) is 0 Å². The van der Waals surface area contributed by atoms with Gasteiger partial charge in [0.1, 0.15) is 17.3 Å². The summed E-state index contributed by atoms with van der Waals surface area (Å²) in [6.07, 6.45) is 3.31. The fraction of sp³-hybridized carbons (Fsp3) is 0.263. The largest absolute Gasteiger partial charge is 0.367 e. The van der Waals surface area contributed by atoms with E-state index in [1.807, 2.05) is 0 Å². The molecule has 1 aliphatic rings. The van der Waals surface area contributed by atoms with Crippen molar-refractivity contribution in [2.45, 2.75) is 32.5 Å². The first-order chi connectivity index (χ1) is 15.9. The fourth-order valence-corrected chi connectivity index (χ4v) is 3.31. The molecule has 0 aromatic carbocycles. The van der Waals surface area contributed by atoms with Gasteiger partial charge in [-0.05, 0) is 25.8 Å². The van der Waals surface area contributed by atoms with Crippen LogP contribution >= 0.6 is 0 Å². The zero-order valence-corrected chi connectivity index (χ0v) is 14.2. The Morgan fingerprint density at radius 3 is 2.86 bits per heavy atom. The highest BCUT2D eigenvalue weighted by Gasteiger charge is 2.33. The van der Waals surface area contributed by atoms with Gasteiger partial charge in [0.05, 0.1) is 48.7 Å². The predicted octanol–water partition coefficient (Wildman–Crippen LogP) is 3.47. The van der Waals surface area contributed by atoms with Gasteiger partial charge in [-0.25, -0.2) is 13.8 Å². The lowest BCUT2D eigenvalue weighted by molar-refractivity contribution is -0.0657. The van der Waals surface area contributed by atoms with E-state index in [1.54, 1.807) is 0 Å². The van der Waals surface area contributed by atoms with Crippen LogP contribution in [0.4, 0.5) is 8.78 Å². The van der Waals surface area contributed by atoms with Gasteiger partial charge in [-0.1, -0.05) is 0 Å². The van der Waals surface area contributed by atoms with Crippen molar-refractivity contribution in [3.63, 3.8) is 0 Å². The Hall–Kier alpha value is -3.20. The van der Waals surface area contributed by atoms with Crippen molar-refractivity contribution < 1.29 is 21.7 Å². The third kappa shape index (κ3) is 2.58. The number of hydrogen-bond acceptors (Lipinski definition) is 5. The van der Waals surface area contributed by atoms with Crippen LogP contribution in [-0.2, 0) is 17.9 Å². The number of pyridine rings is 2. The summed E-state index contributed by atoms with van der Waals surface area (Å²) >= 11 is 0. The molecule has 4 aromatic heterocycles. The van der Waals surface area contributed by atoms with Crippen LogP contribution in [0.1, 0.15) is 27.6 Å². The maximum atomic E-state index is 15.2. The minimum atomic E-state index is -3.02. The summed E-state index contributed by atoms with van der Waals surface area (Å²) in [5.74, 6) is -1.33. The average molecular weight is 388 g/mol. The molecule has 1 aliphatic heterocycles. The van der Waals surface area contributed by atoms with E-state index in [-0.39, 0.29) is 33.9 Å². The average Bonchev–Trinajstić information content (AvgIpc) is 3.37. The van der Waals surface area contributed by atoms with Gasteiger partial charge in [0.25, 0.3) is 0 Å². The highest BCUT2D eigenvalue weighted by molar-refractivity contribution is 5.97. The zero-order valence-electron chi connectivity index (χ0n) is 20.2. The van der Waals surface area contributed by atoms with Gasteiger partial charge in [-0.15, -0.1) is 0 Å². The highest BCUT2D eigenvalue weighted by Crippen LogP contribution is 2.41. The van der Waals surface area contributed by atoms with Crippen LogP contribution < -0.4 is 0 Å². The van der Waals surface area contributed by atoms with Gasteiger partial charge in [-0.2, -0.15) is 10.2 Å². The van der Waals surface area contributed by atoms with Crippen LogP contribution in [0.25, 0.3) is 33.5 Å². The maximum Gasteiger partial charge on any atom is 0.155 e. The standard InChI is InChI=1S/C19H16F2N6O/c1-19(2)9-27-14(8-28-19)16(17(26-27)13-4-3-10(20)5-22-13)15-11-6-24-25-18(11)23-7-12(15)21/h3-7H,8-9H2,1-2H3,(H,23,24,25)/i1D3,2D3. The summed E-state index contributed by atoms with van der Waals surface area (Å²) < 4.78 is 82.7. The van der Waals surface area contributed by atoms with E-state index >= 15 is 4.39 Å². The molecule has 0 atom stereocenters. The van der Waals surface area contributed by atoms with Crippen LogP contribution in [0.2, 0.25) is 0 Å². The van der Waals surface area contributed by atoms with Gasteiger partial charge in [-0.3, -0.25) is 14.8 Å². The van der Waals surface area contributed by atoms with E-state index in [9.17, 15) is 4.39 Å². The number of aromatic nitrogens is 6. The molecule has 5 rings (SSSR count). The lowest BCUT2D eigenvalue weighted by Crippen LogP contribution is -2.36. The number of ether oxygens (including phenoxy) is 1. The number of rotatable bonds is 2. The van der Waals surface area contributed by atoms with E-state index in [2.05, 4.69) is 25.3 Å². The summed E-state index contributed by atoms with van der Waals surface area (Å²) in [7, 11) is 0. The molecule has 9 heteroatoms. The van der Waals surface area contributed by atoms with E-state index in [4.69, 9.17) is 13.0 Å². The van der Waals surface area contributed by atoms with E-state index in [1.165, 1.54) is 16.9 Å². The zero-order chi connectivity index (χ0) is 24.5. The van der Waals surface area contributed by atoms with Crippen molar-refractivity contribution in [3.05, 3.63) is 48.1 Å². The molecule has 0 aliphatic carbocycles. The summed E-state index contributed by atoms with van der Waals surface area (Å²) in [4.78, 5) is 7.99. The quantitative estimate of drug-likeness (QED) is 0.569. The topological polar surface area (TPSA) is 81.5 Å². The smallest absolute Gasteiger partial charge is 0.155 e. The molecule has 0 bridgehead atoms. The molecule has 0 spiro atoms. The Morgan fingerprint density at radius 1 is 1.18 bits per heavy atom. The molecule has 0 saturated heterocycles. The molecule has 0 amide bonds. The number of H-pyrrole nitrogens is 1. The van der Waals surface area contributed by atoms with Gasteiger partial charge < -0.3 is 4.74 Å². The lowest BCUT2D eigenvalue weighted by Gasteiger charge is -2.31. The number of nitrogens with zero attached hydrogens (tertiary/aromatic N) is 5. The number of aromatic amines is 1. The maximum absolute atomic E-state index is 15.2. The first-order valence-electron chi connectivity index (χ1n) is 11.3. The van der Waals surface area contributed by atoms with Gasteiger partial charge in [0.15, 0.2) is 5.65 Å². The number of nitrogens with one attached hydrogen (secondary N) is 1. The third-order valence-corrected chi connectivity index (χ3v) is 4.54.